The van der Waals surface area contributed by atoms with E-state index in [1.165, 1.54) is 37.8 Å². The molecular formula is C18H26BrNO5. The van der Waals surface area contributed by atoms with E-state index in [0.29, 0.717) is 18.2 Å². The van der Waals surface area contributed by atoms with Crippen molar-refractivity contribution in [2.24, 2.45) is 10.9 Å². The molecule has 25 heavy (non-hydrogen) atoms. The molecule has 0 saturated heterocycles. The summed E-state index contributed by atoms with van der Waals surface area (Å²) < 4.78 is 9.32. The van der Waals surface area contributed by atoms with Crippen molar-refractivity contribution in [1.82, 2.24) is 0 Å². The zero-order valence-corrected chi connectivity index (χ0v) is 16.5. The van der Waals surface area contributed by atoms with Crippen LogP contribution in [0.1, 0.15) is 52.4 Å². The fraction of sp³-hybridized carbons (Fsp3) is 0.667. The Hall–Kier alpha value is -1.50. The van der Waals surface area contributed by atoms with Crippen LogP contribution in [-0.4, -0.2) is 42.0 Å². The lowest BCUT2D eigenvalue weighted by Gasteiger charge is -2.21. The highest BCUT2D eigenvalue weighted by Crippen LogP contribution is 2.29. The summed E-state index contributed by atoms with van der Waals surface area (Å²) in [6, 6.07) is 0. The molecule has 1 fully saturated rings. The predicted octanol–water partition coefficient (Wildman–Crippen LogP) is 3.37. The van der Waals surface area contributed by atoms with Crippen LogP contribution in [0.25, 0.3) is 0 Å². The third-order valence-corrected chi connectivity index (χ3v) is 4.46. The Kier molecular flexibility index (Phi) is 10.3. The lowest BCUT2D eigenvalue weighted by Crippen LogP contribution is -2.17. The standard InChI is InChI=1S/C13H19NO2.C5H7BrO3/c1-2-16-13(15)12-9-8-11(14-12)10-6-4-3-5-7-10;1-2-9-5(8)4(7)3-6/h9-10H,2-8H2,1H3;2-3H2,1H3. The molecule has 0 spiro atoms. The van der Waals surface area contributed by atoms with Crippen molar-refractivity contribution in [3.8, 4) is 0 Å². The Morgan fingerprint density at radius 2 is 1.76 bits per heavy atom. The van der Waals surface area contributed by atoms with E-state index in [2.05, 4.69) is 25.7 Å². The van der Waals surface area contributed by atoms with Gasteiger partial charge in [-0.25, -0.2) is 14.6 Å². The Balaban J connectivity index is 0.000000299. The highest BCUT2D eigenvalue weighted by molar-refractivity contribution is 9.09. The molecule has 0 aromatic rings. The van der Waals surface area contributed by atoms with Gasteiger partial charge in [0, 0.05) is 12.1 Å². The quantitative estimate of drug-likeness (QED) is 0.377. The number of rotatable bonds is 6. The van der Waals surface area contributed by atoms with Gasteiger partial charge in [-0.05, 0) is 38.7 Å². The maximum absolute atomic E-state index is 11.5. The van der Waals surface area contributed by atoms with Gasteiger partial charge in [-0.1, -0.05) is 35.2 Å². The number of hydrogen-bond acceptors (Lipinski definition) is 6. The van der Waals surface area contributed by atoms with Crippen LogP contribution in [0.2, 0.25) is 0 Å². The average molecular weight is 416 g/mol. The van der Waals surface area contributed by atoms with Crippen molar-refractivity contribution in [2.75, 3.05) is 18.5 Å². The van der Waals surface area contributed by atoms with Crippen LogP contribution >= 0.6 is 15.9 Å². The Morgan fingerprint density at radius 1 is 1.12 bits per heavy atom. The first-order chi connectivity index (χ1) is 12.0. The minimum absolute atomic E-state index is 0.0336. The molecule has 6 nitrogen and oxygen atoms in total. The lowest BCUT2D eigenvalue weighted by atomic mass is 9.85. The van der Waals surface area contributed by atoms with E-state index in [1.807, 2.05) is 13.0 Å². The fourth-order valence-electron chi connectivity index (χ4n) is 2.74. The second-order valence-corrected chi connectivity index (χ2v) is 6.29. The van der Waals surface area contributed by atoms with Gasteiger partial charge in [0.15, 0.2) is 0 Å². The summed E-state index contributed by atoms with van der Waals surface area (Å²) in [5.41, 5.74) is 1.71. The molecule has 0 amide bonds. The summed E-state index contributed by atoms with van der Waals surface area (Å²) >= 11 is 2.83. The number of allylic oxidation sites excluding steroid dienone is 1. The van der Waals surface area contributed by atoms with E-state index in [0.717, 1.165) is 6.42 Å². The van der Waals surface area contributed by atoms with Crippen LogP contribution in [0, 0.1) is 5.92 Å². The van der Waals surface area contributed by atoms with E-state index < -0.39 is 11.8 Å². The molecule has 1 heterocycles. The summed E-state index contributed by atoms with van der Waals surface area (Å²) in [6.07, 6.45) is 9.19. The molecular weight excluding hydrogens is 390 g/mol. The molecule has 2 rings (SSSR count). The Bertz CT molecular complexity index is 536. The van der Waals surface area contributed by atoms with Crippen molar-refractivity contribution in [3.05, 3.63) is 11.8 Å². The van der Waals surface area contributed by atoms with Crippen molar-refractivity contribution in [3.63, 3.8) is 0 Å². The van der Waals surface area contributed by atoms with Gasteiger partial charge < -0.3 is 9.47 Å². The zero-order chi connectivity index (χ0) is 18.7. The van der Waals surface area contributed by atoms with Crippen LogP contribution in [0.15, 0.2) is 16.8 Å². The van der Waals surface area contributed by atoms with Gasteiger partial charge >= 0.3 is 11.9 Å². The average Bonchev–Trinajstić information content (AvgIpc) is 3.13. The van der Waals surface area contributed by atoms with Gasteiger partial charge in [-0.15, -0.1) is 0 Å². The van der Waals surface area contributed by atoms with Crippen molar-refractivity contribution < 1.29 is 23.9 Å². The number of halogens is 1. The topological polar surface area (TPSA) is 82.0 Å². The van der Waals surface area contributed by atoms with E-state index in [4.69, 9.17) is 4.74 Å². The monoisotopic (exact) mass is 415 g/mol. The number of ether oxygens (including phenoxy) is 2. The van der Waals surface area contributed by atoms with E-state index in [9.17, 15) is 14.4 Å². The number of ketones is 1. The molecule has 140 valence electrons. The molecule has 0 unspecified atom stereocenters. The Labute approximate surface area is 157 Å². The number of hydrogen-bond donors (Lipinski definition) is 0. The molecule has 1 aliphatic heterocycles. The van der Waals surface area contributed by atoms with Gasteiger partial charge in [-0.2, -0.15) is 0 Å². The van der Waals surface area contributed by atoms with Crippen LogP contribution in [0.3, 0.4) is 0 Å². The molecule has 0 N–H and O–H groups in total. The lowest BCUT2D eigenvalue weighted by molar-refractivity contribution is -0.152. The molecule has 0 aromatic carbocycles. The van der Waals surface area contributed by atoms with Crippen molar-refractivity contribution in [2.45, 2.75) is 52.4 Å². The number of aliphatic imine (C=N–C) groups is 1. The normalized spacial score (nSPS) is 16.9. The summed E-state index contributed by atoms with van der Waals surface area (Å²) in [5.74, 6) is -0.975. The van der Waals surface area contributed by atoms with Crippen LogP contribution < -0.4 is 0 Å². The van der Waals surface area contributed by atoms with Gasteiger partial charge in [0.1, 0.15) is 5.70 Å². The zero-order valence-electron chi connectivity index (χ0n) is 14.9. The van der Waals surface area contributed by atoms with Crippen LogP contribution in [0.5, 0.6) is 0 Å². The summed E-state index contributed by atoms with van der Waals surface area (Å²) in [4.78, 5) is 36.7. The summed E-state index contributed by atoms with van der Waals surface area (Å²) in [7, 11) is 0. The molecule has 2 aliphatic rings. The van der Waals surface area contributed by atoms with Gasteiger partial charge in [0.05, 0.1) is 18.5 Å². The smallest absolute Gasteiger partial charge is 0.375 e. The second kappa shape index (κ2) is 12.0. The molecule has 7 heteroatoms. The highest BCUT2D eigenvalue weighted by atomic mass is 79.9. The first-order valence-corrected chi connectivity index (χ1v) is 9.86. The van der Waals surface area contributed by atoms with Crippen molar-refractivity contribution >= 4 is 39.4 Å². The highest BCUT2D eigenvalue weighted by Gasteiger charge is 2.24. The molecule has 0 atom stereocenters. The van der Waals surface area contributed by atoms with Gasteiger partial charge in [0.2, 0.25) is 5.78 Å². The van der Waals surface area contributed by atoms with Gasteiger partial charge in [-0.3, -0.25) is 4.79 Å². The van der Waals surface area contributed by atoms with E-state index in [-0.39, 0.29) is 17.9 Å². The molecule has 0 bridgehead atoms. The molecule has 0 radical (unpaired) electrons. The van der Waals surface area contributed by atoms with Crippen LogP contribution in [0.4, 0.5) is 0 Å². The third-order valence-electron chi connectivity index (χ3n) is 3.95. The number of carbonyl (C=O) groups is 3. The maximum Gasteiger partial charge on any atom is 0.375 e. The number of nitrogens with zero attached hydrogens (tertiary/aromatic N) is 1. The van der Waals surface area contributed by atoms with Crippen LogP contribution in [-0.2, 0) is 23.9 Å². The first-order valence-electron chi connectivity index (χ1n) is 8.74. The molecule has 1 saturated carbocycles. The molecule has 0 aromatic heterocycles. The largest absolute Gasteiger partial charge is 0.461 e. The number of carbonyl (C=O) groups excluding carboxylic acids is 3. The van der Waals surface area contributed by atoms with Crippen molar-refractivity contribution in [1.29, 1.82) is 0 Å². The molecule has 1 aliphatic carbocycles. The van der Waals surface area contributed by atoms with Gasteiger partial charge in [0.25, 0.3) is 0 Å². The number of esters is 2. The minimum Gasteiger partial charge on any atom is -0.461 e. The van der Waals surface area contributed by atoms with E-state index >= 15 is 0 Å². The van der Waals surface area contributed by atoms with E-state index in [1.54, 1.807) is 6.92 Å². The fourth-order valence-corrected chi connectivity index (χ4v) is 2.97. The predicted molar refractivity (Wildman–Crippen MR) is 98.8 cm³/mol. The Morgan fingerprint density at radius 3 is 2.32 bits per heavy atom. The minimum atomic E-state index is -0.769. The third kappa shape index (κ3) is 7.50. The SMILES string of the molecule is CCOC(=O)C(=O)CBr.CCOC(=O)C1=CCC(C2CCCCC2)=N1. The number of Topliss-reactive ketones (excluding diaryl/α,β-unsaturated/α-hetero) is 1. The number of alkyl halides is 1. The second-order valence-electron chi connectivity index (χ2n) is 5.73. The summed E-state index contributed by atoms with van der Waals surface area (Å²) in [6.45, 7) is 4.14. The summed E-state index contributed by atoms with van der Waals surface area (Å²) in [5, 5.41) is 0.0336. The maximum atomic E-state index is 11.5. The first kappa shape index (κ1) is 21.5.